The summed E-state index contributed by atoms with van der Waals surface area (Å²) >= 11 is 0. The number of nitrogens with zero attached hydrogens (tertiary/aromatic N) is 1. The fraction of sp³-hybridized carbons (Fsp3) is 0.700. The Balaban J connectivity index is 2.68. The van der Waals surface area contributed by atoms with Gasteiger partial charge in [-0.05, 0) is 13.3 Å². The average Bonchev–Trinajstić information content (AvgIpc) is 2.00. The van der Waals surface area contributed by atoms with Crippen LogP contribution < -0.4 is 0 Å². The monoisotopic (exact) mass is 167 g/mol. The molecule has 0 saturated carbocycles. The van der Waals surface area contributed by atoms with Crippen molar-refractivity contribution in [1.82, 2.24) is 4.90 Å². The van der Waals surface area contributed by atoms with E-state index in [1.54, 1.807) is 0 Å². The Morgan fingerprint density at radius 3 is 2.92 bits per heavy atom. The second-order valence-electron chi connectivity index (χ2n) is 3.60. The van der Waals surface area contributed by atoms with E-state index < -0.39 is 0 Å². The Kier molecular flexibility index (Phi) is 2.90. The molecule has 2 nitrogen and oxygen atoms in total. The fourth-order valence-electron chi connectivity index (χ4n) is 1.77. The molecule has 1 heterocycles. The molecule has 0 aromatic rings. The molecular formula is C10H17NO. The van der Waals surface area contributed by atoms with Crippen molar-refractivity contribution >= 4 is 5.78 Å². The normalized spacial score (nSPS) is 24.2. The van der Waals surface area contributed by atoms with Crippen molar-refractivity contribution in [2.45, 2.75) is 26.7 Å². The number of carbonyl (C=O) groups excluding carboxylic acids is 1. The molecule has 1 unspecified atom stereocenters. The molecule has 2 heteroatoms. The van der Waals surface area contributed by atoms with E-state index in [9.17, 15) is 4.79 Å². The third-order valence-electron chi connectivity index (χ3n) is 2.32. The van der Waals surface area contributed by atoms with Crippen LogP contribution in [0.15, 0.2) is 11.8 Å². The zero-order valence-electron chi connectivity index (χ0n) is 8.13. The molecule has 1 atom stereocenters. The highest BCUT2D eigenvalue weighted by Gasteiger charge is 2.23. The van der Waals surface area contributed by atoms with E-state index in [1.807, 2.05) is 20.2 Å². The van der Waals surface area contributed by atoms with Crippen molar-refractivity contribution in [2.24, 2.45) is 5.92 Å². The van der Waals surface area contributed by atoms with Gasteiger partial charge in [-0.1, -0.05) is 13.3 Å². The van der Waals surface area contributed by atoms with Gasteiger partial charge in [-0.3, -0.25) is 4.79 Å². The van der Waals surface area contributed by atoms with Crippen LogP contribution in [0.3, 0.4) is 0 Å². The minimum absolute atomic E-state index is 0.241. The molecule has 0 bridgehead atoms. The van der Waals surface area contributed by atoms with E-state index in [0.29, 0.717) is 5.78 Å². The summed E-state index contributed by atoms with van der Waals surface area (Å²) in [6.07, 6.45) is 4.06. The molecule has 68 valence electrons. The van der Waals surface area contributed by atoms with E-state index >= 15 is 0 Å². The Hall–Kier alpha value is -0.790. The molecule has 0 aromatic heterocycles. The number of hydrogen-bond acceptors (Lipinski definition) is 2. The molecule has 0 aromatic carbocycles. The van der Waals surface area contributed by atoms with Crippen LogP contribution in [-0.4, -0.2) is 24.3 Å². The highest BCUT2D eigenvalue weighted by molar-refractivity contribution is 5.97. The molecule has 0 spiro atoms. The standard InChI is InChI=1S/C10H17NO/c1-4-5-9-7-11(3)6-8(2)10(9)12/h6,9H,4-5,7H2,1-3H3. The predicted molar refractivity (Wildman–Crippen MR) is 49.8 cm³/mol. The number of rotatable bonds is 2. The number of Topliss-reactive ketones (excluding diaryl/α,β-unsaturated/α-hetero) is 1. The van der Waals surface area contributed by atoms with Crippen LogP contribution in [-0.2, 0) is 4.79 Å². The van der Waals surface area contributed by atoms with Gasteiger partial charge >= 0.3 is 0 Å². The van der Waals surface area contributed by atoms with E-state index in [0.717, 1.165) is 25.0 Å². The molecule has 12 heavy (non-hydrogen) atoms. The SMILES string of the molecule is CCCC1CN(C)C=C(C)C1=O. The Labute approximate surface area is 74.2 Å². The zero-order chi connectivity index (χ0) is 9.14. The molecule has 1 aliphatic heterocycles. The maximum absolute atomic E-state index is 11.6. The van der Waals surface area contributed by atoms with Crippen LogP contribution in [0.5, 0.6) is 0 Å². The zero-order valence-corrected chi connectivity index (χ0v) is 8.13. The Morgan fingerprint density at radius 1 is 1.67 bits per heavy atom. The first kappa shape index (κ1) is 9.30. The maximum Gasteiger partial charge on any atom is 0.164 e. The van der Waals surface area contributed by atoms with Crippen molar-refractivity contribution in [1.29, 1.82) is 0 Å². The van der Waals surface area contributed by atoms with Crippen molar-refractivity contribution in [3.05, 3.63) is 11.8 Å². The highest BCUT2D eigenvalue weighted by atomic mass is 16.1. The van der Waals surface area contributed by atoms with Crippen LogP contribution in [0.25, 0.3) is 0 Å². The van der Waals surface area contributed by atoms with Crippen LogP contribution in [0.1, 0.15) is 26.7 Å². The lowest BCUT2D eigenvalue weighted by Crippen LogP contribution is -2.33. The molecule has 0 saturated heterocycles. The van der Waals surface area contributed by atoms with Gasteiger partial charge in [0.1, 0.15) is 0 Å². The molecule has 0 fully saturated rings. The summed E-state index contributed by atoms with van der Waals surface area (Å²) in [6, 6.07) is 0. The fourth-order valence-corrected chi connectivity index (χ4v) is 1.77. The topological polar surface area (TPSA) is 20.3 Å². The second kappa shape index (κ2) is 3.74. The second-order valence-corrected chi connectivity index (χ2v) is 3.60. The van der Waals surface area contributed by atoms with Crippen LogP contribution in [0.4, 0.5) is 0 Å². The maximum atomic E-state index is 11.6. The first-order valence-electron chi connectivity index (χ1n) is 4.58. The van der Waals surface area contributed by atoms with Crippen molar-refractivity contribution in [2.75, 3.05) is 13.6 Å². The molecule has 0 amide bonds. The number of allylic oxidation sites excluding steroid dienone is 1. The van der Waals surface area contributed by atoms with Gasteiger partial charge in [-0.2, -0.15) is 0 Å². The molecule has 0 aliphatic carbocycles. The number of hydrogen-bond donors (Lipinski definition) is 0. The van der Waals surface area contributed by atoms with Gasteiger partial charge in [0.25, 0.3) is 0 Å². The lowest BCUT2D eigenvalue weighted by Gasteiger charge is -2.27. The summed E-state index contributed by atoms with van der Waals surface area (Å²) in [4.78, 5) is 13.7. The van der Waals surface area contributed by atoms with E-state index in [4.69, 9.17) is 0 Å². The molecule has 0 N–H and O–H groups in total. The van der Waals surface area contributed by atoms with Crippen LogP contribution in [0.2, 0.25) is 0 Å². The van der Waals surface area contributed by atoms with Gasteiger partial charge in [0, 0.05) is 31.3 Å². The quantitative estimate of drug-likeness (QED) is 0.625. The largest absolute Gasteiger partial charge is 0.379 e. The first-order chi connectivity index (χ1) is 5.65. The number of carbonyl (C=O) groups is 1. The van der Waals surface area contributed by atoms with Gasteiger partial charge in [-0.25, -0.2) is 0 Å². The minimum atomic E-state index is 0.241. The lowest BCUT2D eigenvalue weighted by molar-refractivity contribution is -0.120. The minimum Gasteiger partial charge on any atom is -0.379 e. The molecular weight excluding hydrogens is 150 g/mol. The van der Waals surface area contributed by atoms with Gasteiger partial charge in [0.15, 0.2) is 5.78 Å². The third-order valence-corrected chi connectivity index (χ3v) is 2.32. The van der Waals surface area contributed by atoms with Gasteiger partial charge < -0.3 is 4.90 Å². The number of ketones is 1. The van der Waals surface area contributed by atoms with Gasteiger partial charge in [0.05, 0.1) is 0 Å². The Bertz CT molecular complexity index is 208. The smallest absolute Gasteiger partial charge is 0.164 e. The summed E-state index contributed by atoms with van der Waals surface area (Å²) in [5.74, 6) is 0.583. The van der Waals surface area contributed by atoms with Crippen molar-refractivity contribution in [3.63, 3.8) is 0 Å². The van der Waals surface area contributed by atoms with Gasteiger partial charge in [-0.15, -0.1) is 0 Å². The van der Waals surface area contributed by atoms with Crippen LogP contribution >= 0.6 is 0 Å². The third kappa shape index (κ3) is 1.87. The summed E-state index contributed by atoms with van der Waals surface area (Å²) in [7, 11) is 2.03. The molecule has 1 aliphatic rings. The van der Waals surface area contributed by atoms with E-state index in [1.165, 1.54) is 0 Å². The summed E-state index contributed by atoms with van der Waals surface area (Å²) in [5, 5.41) is 0. The average molecular weight is 167 g/mol. The van der Waals surface area contributed by atoms with Crippen LogP contribution in [0, 0.1) is 5.92 Å². The van der Waals surface area contributed by atoms with E-state index in [2.05, 4.69) is 11.8 Å². The Morgan fingerprint density at radius 2 is 2.33 bits per heavy atom. The van der Waals surface area contributed by atoms with Crippen molar-refractivity contribution < 1.29 is 4.79 Å². The first-order valence-corrected chi connectivity index (χ1v) is 4.58. The predicted octanol–water partition coefficient (Wildman–Crippen LogP) is 1.82. The highest BCUT2D eigenvalue weighted by Crippen LogP contribution is 2.19. The molecule has 1 rings (SSSR count). The van der Waals surface area contributed by atoms with E-state index in [-0.39, 0.29) is 5.92 Å². The summed E-state index contributed by atoms with van der Waals surface area (Å²) in [5.41, 5.74) is 0.905. The lowest BCUT2D eigenvalue weighted by atomic mass is 9.91. The summed E-state index contributed by atoms with van der Waals surface area (Å²) < 4.78 is 0. The van der Waals surface area contributed by atoms with Crippen molar-refractivity contribution in [3.8, 4) is 0 Å². The summed E-state index contributed by atoms with van der Waals surface area (Å²) in [6.45, 7) is 4.92. The van der Waals surface area contributed by atoms with Gasteiger partial charge in [0.2, 0.25) is 0 Å². The molecule has 0 radical (unpaired) electrons.